The van der Waals surface area contributed by atoms with Crippen molar-refractivity contribution in [2.45, 2.75) is 25.0 Å². The molecular formula is C17H15F3N6S. The molecule has 0 spiro atoms. The molecule has 0 bridgehead atoms. The zero-order chi connectivity index (χ0) is 19.3. The van der Waals surface area contributed by atoms with E-state index in [1.54, 1.807) is 22.3 Å². The molecule has 4 rings (SSSR count). The lowest BCUT2D eigenvalue weighted by molar-refractivity contribution is -0.137. The van der Waals surface area contributed by atoms with Gasteiger partial charge in [-0.3, -0.25) is 0 Å². The van der Waals surface area contributed by atoms with Crippen LogP contribution in [0.5, 0.6) is 0 Å². The second-order valence-electron chi connectivity index (χ2n) is 5.99. The van der Waals surface area contributed by atoms with Crippen LogP contribution in [0, 0.1) is 6.92 Å². The summed E-state index contributed by atoms with van der Waals surface area (Å²) >= 11 is 1.53. The maximum absolute atomic E-state index is 13.0. The number of rotatable bonds is 3. The van der Waals surface area contributed by atoms with Crippen molar-refractivity contribution < 1.29 is 13.2 Å². The average Bonchev–Trinajstić information content (AvgIpc) is 3.13. The number of pyridine rings is 1. The number of aryl methyl sites for hydroxylation is 2. The number of fused-ring (bicyclic) bond motifs is 2. The quantitative estimate of drug-likeness (QED) is 0.491. The smallest absolute Gasteiger partial charge is 0.312 e. The summed E-state index contributed by atoms with van der Waals surface area (Å²) in [6.07, 6.45) is -1.96. The Morgan fingerprint density at radius 1 is 1.19 bits per heavy atom. The number of halogens is 3. The van der Waals surface area contributed by atoms with E-state index in [4.69, 9.17) is 0 Å². The van der Waals surface area contributed by atoms with Crippen molar-refractivity contribution in [3.8, 4) is 11.4 Å². The molecule has 4 heterocycles. The highest BCUT2D eigenvalue weighted by Gasteiger charge is 2.32. The number of hydrogen-bond donors (Lipinski definition) is 0. The molecule has 6 nitrogen and oxygen atoms in total. The van der Waals surface area contributed by atoms with Gasteiger partial charge >= 0.3 is 6.18 Å². The van der Waals surface area contributed by atoms with Crippen molar-refractivity contribution in [1.82, 2.24) is 29.1 Å². The van der Waals surface area contributed by atoms with E-state index in [-0.39, 0.29) is 5.52 Å². The molecule has 0 aromatic carbocycles. The van der Waals surface area contributed by atoms with Crippen molar-refractivity contribution in [3.63, 3.8) is 0 Å². The summed E-state index contributed by atoms with van der Waals surface area (Å²) in [6.45, 7) is 3.92. The third kappa shape index (κ3) is 2.84. The molecule has 0 unspecified atom stereocenters. The fourth-order valence-electron chi connectivity index (χ4n) is 2.93. The maximum atomic E-state index is 13.0. The Labute approximate surface area is 156 Å². The number of alkyl halides is 3. The zero-order valence-electron chi connectivity index (χ0n) is 14.7. The van der Waals surface area contributed by atoms with Crippen LogP contribution in [-0.2, 0) is 13.2 Å². The van der Waals surface area contributed by atoms with Gasteiger partial charge in [-0.2, -0.15) is 18.3 Å². The Balaban J connectivity index is 2.01. The van der Waals surface area contributed by atoms with E-state index in [2.05, 4.69) is 20.1 Å². The Morgan fingerprint density at radius 3 is 2.67 bits per heavy atom. The van der Waals surface area contributed by atoms with Crippen LogP contribution < -0.4 is 0 Å². The van der Waals surface area contributed by atoms with E-state index in [0.29, 0.717) is 22.7 Å². The van der Waals surface area contributed by atoms with E-state index < -0.39 is 11.7 Å². The maximum Gasteiger partial charge on any atom is 0.417 e. The van der Waals surface area contributed by atoms with Gasteiger partial charge in [0.2, 0.25) is 0 Å². The summed E-state index contributed by atoms with van der Waals surface area (Å²) in [5.74, 6) is 1.27. The molecule has 0 N–H and O–H groups in total. The predicted octanol–water partition coefficient (Wildman–Crippen LogP) is 4.12. The minimum Gasteiger partial charge on any atom is -0.312 e. The molecule has 0 radical (unpaired) electrons. The average molecular weight is 392 g/mol. The fourth-order valence-corrected chi connectivity index (χ4v) is 3.67. The number of imidazole rings is 1. The van der Waals surface area contributed by atoms with Gasteiger partial charge in [0.25, 0.3) is 0 Å². The van der Waals surface area contributed by atoms with Gasteiger partial charge in [-0.1, -0.05) is 6.92 Å². The third-order valence-electron chi connectivity index (χ3n) is 4.22. The van der Waals surface area contributed by atoms with Crippen LogP contribution in [0.1, 0.15) is 18.2 Å². The molecule has 10 heteroatoms. The van der Waals surface area contributed by atoms with Gasteiger partial charge in [-0.05, 0) is 24.8 Å². The highest BCUT2D eigenvalue weighted by atomic mass is 32.2. The first-order valence-corrected chi connectivity index (χ1v) is 9.17. The van der Waals surface area contributed by atoms with Crippen molar-refractivity contribution in [2.75, 3.05) is 5.75 Å². The van der Waals surface area contributed by atoms with Crippen molar-refractivity contribution in [2.24, 2.45) is 7.05 Å². The largest absolute Gasteiger partial charge is 0.417 e. The first-order valence-electron chi connectivity index (χ1n) is 8.18. The Kier molecular flexibility index (Phi) is 4.10. The van der Waals surface area contributed by atoms with Gasteiger partial charge in [-0.25, -0.2) is 19.5 Å². The summed E-state index contributed by atoms with van der Waals surface area (Å²) in [6, 6.07) is 2.86. The monoisotopic (exact) mass is 392 g/mol. The lowest BCUT2D eigenvalue weighted by Crippen LogP contribution is -2.05. The van der Waals surface area contributed by atoms with Crippen LogP contribution in [0.15, 0.2) is 29.6 Å². The fraction of sp³-hybridized carbons (Fsp3) is 0.294. The van der Waals surface area contributed by atoms with Crippen LogP contribution in [0.2, 0.25) is 0 Å². The molecule has 0 aliphatic carbocycles. The van der Waals surface area contributed by atoms with Crippen LogP contribution in [-0.4, -0.2) is 34.9 Å². The van der Waals surface area contributed by atoms with E-state index in [9.17, 15) is 13.2 Å². The van der Waals surface area contributed by atoms with Gasteiger partial charge < -0.3 is 4.57 Å². The summed E-state index contributed by atoms with van der Waals surface area (Å²) in [7, 11) is 1.73. The third-order valence-corrected chi connectivity index (χ3v) is 5.06. The van der Waals surface area contributed by atoms with Gasteiger partial charge in [0.05, 0.1) is 11.1 Å². The Morgan fingerprint density at radius 2 is 1.96 bits per heavy atom. The molecule has 0 saturated carbocycles. The second-order valence-corrected chi connectivity index (χ2v) is 7.25. The molecule has 0 fully saturated rings. The molecule has 0 aliphatic heterocycles. The molecule has 0 amide bonds. The zero-order valence-corrected chi connectivity index (χ0v) is 15.6. The first-order chi connectivity index (χ1) is 12.8. The first kappa shape index (κ1) is 17.8. The summed E-state index contributed by atoms with van der Waals surface area (Å²) in [5.41, 5.74) is 1.94. The van der Waals surface area contributed by atoms with Gasteiger partial charge in [0.1, 0.15) is 16.4 Å². The Hall–Kier alpha value is -2.62. The number of nitrogens with zero attached hydrogens (tertiary/aromatic N) is 6. The summed E-state index contributed by atoms with van der Waals surface area (Å²) in [5, 5.41) is 5.34. The van der Waals surface area contributed by atoms with E-state index >= 15 is 0 Å². The highest BCUT2D eigenvalue weighted by molar-refractivity contribution is 7.99. The van der Waals surface area contributed by atoms with Crippen molar-refractivity contribution >= 4 is 28.6 Å². The van der Waals surface area contributed by atoms with E-state index in [1.165, 1.54) is 11.8 Å². The van der Waals surface area contributed by atoms with Gasteiger partial charge in [0, 0.05) is 25.1 Å². The SMILES string of the molecule is CCSc1nn2c(C)ccnc2c1-c1nc2cc(C(F)(F)F)cnc2n1C. The lowest BCUT2D eigenvalue weighted by Gasteiger charge is -2.05. The summed E-state index contributed by atoms with van der Waals surface area (Å²) < 4.78 is 42.4. The molecule has 140 valence electrons. The number of aromatic nitrogens is 6. The van der Waals surface area contributed by atoms with Crippen molar-refractivity contribution in [1.29, 1.82) is 0 Å². The van der Waals surface area contributed by atoms with Crippen molar-refractivity contribution in [3.05, 3.63) is 35.8 Å². The van der Waals surface area contributed by atoms with Crippen LogP contribution in [0.3, 0.4) is 0 Å². The topological polar surface area (TPSA) is 60.9 Å². The number of thioether (sulfide) groups is 1. The number of hydrogen-bond acceptors (Lipinski definition) is 5. The van der Waals surface area contributed by atoms with Crippen LogP contribution in [0.4, 0.5) is 13.2 Å². The lowest BCUT2D eigenvalue weighted by atomic mass is 10.2. The molecule has 4 aromatic rings. The molecule has 4 aromatic heterocycles. The Bertz CT molecular complexity index is 1160. The van der Waals surface area contributed by atoms with E-state index in [1.807, 2.05) is 19.9 Å². The second kappa shape index (κ2) is 6.22. The van der Waals surface area contributed by atoms with Crippen LogP contribution in [0.25, 0.3) is 28.2 Å². The standard InChI is InChI=1S/C17H15F3N6S/c1-4-27-16-12(14-21-6-5-9(2)26(14)24-16)15-23-11-7-10(17(18,19)20)8-22-13(11)25(15)3/h5-8H,4H2,1-3H3. The van der Waals surface area contributed by atoms with Gasteiger partial charge in [0.15, 0.2) is 11.3 Å². The summed E-state index contributed by atoms with van der Waals surface area (Å²) in [4.78, 5) is 12.8. The predicted molar refractivity (Wildman–Crippen MR) is 96.6 cm³/mol. The minimum absolute atomic E-state index is 0.182. The molecular weight excluding hydrogens is 377 g/mol. The van der Waals surface area contributed by atoms with Gasteiger partial charge in [-0.15, -0.1) is 11.8 Å². The molecule has 27 heavy (non-hydrogen) atoms. The molecule has 0 saturated heterocycles. The molecule has 0 aliphatic rings. The minimum atomic E-state index is -4.47. The normalized spacial score (nSPS) is 12.4. The van der Waals surface area contributed by atoms with Crippen LogP contribution >= 0.6 is 11.8 Å². The van der Waals surface area contributed by atoms with E-state index in [0.717, 1.165) is 28.7 Å². The molecule has 0 atom stereocenters. The highest BCUT2D eigenvalue weighted by Crippen LogP contribution is 2.36.